The lowest BCUT2D eigenvalue weighted by atomic mass is 10.0. The summed E-state index contributed by atoms with van der Waals surface area (Å²) in [6.07, 6.45) is 6.93. The molecule has 0 atom stereocenters. The maximum Gasteiger partial charge on any atom is 0.137 e. The first kappa shape index (κ1) is 19.7. The fraction of sp³-hybridized carbons (Fsp3) is 0.591. The van der Waals surface area contributed by atoms with Crippen molar-refractivity contribution in [3.05, 3.63) is 34.6 Å². The lowest BCUT2D eigenvalue weighted by molar-refractivity contribution is 0.237. The molecule has 2 heterocycles. The SMILES string of the molecule is CN1CCCN(CCCOc2ccc(-c3nc4c([nH]3)CCCC4)cc2Cl)CC1. The number of ether oxygens (including phenoxy) is 1. The molecule has 0 spiro atoms. The van der Waals surface area contributed by atoms with E-state index in [1.807, 2.05) is 12.1 Å². The molecule has 152 valence electrons. The van der Waals surface area contributed by atoms with Gasteiger partial charge in [0.15, 0.2) is 0 Å². The highest BCUT2D eigenvalue weighted by Gasteiger charge is 2.16. The predicted octanol–water partition coefficient (Wildman–Crippen LogP) is 4.02. The largest absolute Gasteiger partial charge is 0.492 e. The van der Waals surface area contributed by atoms with E-state index in [4.69, 9.17) is 21.3 Å². The first-order valence-electron chi connectivity index (χ1n) is 10.6. The summed E-state index contributed by atoms with van der Waals surface area (Å²) in [6.45, 7) is 6.48. The number of hydrogen-bond donors (Lipinski definition) is 1. The second kappa shape index (κ2) is 9.29. The predicted molar refractivity (Wildman–Crippen MR) is 114 cm³/mol. The Hall–Kier alpha value is -1.56. The molecular formula is C22H31ClN4O. The Bertz CT molecular complexity index is 767. The van der Waals surface area contributed by atoms with Gasteiger partial charge in [0.05, 0.1) is 17.3 Å². The first-order chi connectivity index (χ1) is 13.7. The molecule has 1 aromatic heterocycles. The molecule has 5 nitrogen and oxygen atoms in total. The van der Waals surface area contributed by atoms with Crippen LogP contribution in [0.4, 0.5) is 0 Å². The highest BCUT2D eigenvalue weighted by Crippen LogP contribution is 2.31. The molecule has 2 aliphatic rings. The van der Waals surface area contributed by atoms with E-state index in [0.717, 1.165) is 56.0 Å². The zero-order chi connectivity index (χ0) is 19.3. The minimum absolute atomic E-state index is 0.656. The minimum Gasteiger partial charge on any atom is -0.492 e. The van der Waals surface area contributed by atoms with E-state index in [0.29, 0.717) is 11.6 Å². The number of fused-ring (bicyclic) bond motifs is 1. The average molecular weight is 403 g/mol. The van der Waals surface area contributed by atoms with Gasteiger partial charge in [0.1, 0.15) is 11.6 Å². The number of rotatable bonds is 6. The molecule has 1 aliphatic heterocycles. The molecule has 1 saturated heterocycles. The van der Waals surface area contributed by atoms with Gasteiger partial charge in [0.2, 0.25) is 0 Å². The van der Waals surface area contributed by atoms with E-state index in [1.165, 1.54) is 43.7 Å². The number of aromatic nitrogens is 2. The van der Waals surface area contributed by atoms with Gasteiger partial charge in [-0.25, -0.2) is 4.98 Å². The van der Waals surface area contributed by atoms with Crippen molar-refractivity contribution in [2.45, 2.75) is 38.5 Å². The van der Waals surface area contributed by atoms with Crippen molar-refractivity contribution < 1.29 is 4.74 Å². The van der Waals surface area contributed by atoms with Crippen LogP contribution < -0.4 is 4.74 Å². The van der Waals surface area contributed by atoms with Crippen LogP contribution in [0.1, 0.15) is 37.1 Å². The summed E-state index contributed by atoms with van der Waals surface area (Å²) in [4.78, 5) is 13.2. The lowest BCUT2D eigenvalue weighted by Gasteiger charge is -2.20. The van der Waals surface area contributed by atoms with E-state index in [-0.39, 0.29) is 0 Å². The maximum atomic E-state index is 6.49. The summed E-state index contributed by atoms with van der Waals surface area (Å²) in [7, 11) is 2.20. The lowest BCUT2D eigenvalue weighted by Crippen LogP contribution is -2.30. The molecule has 1 aromatic carbocycles. The third kappa shape index (κ3) is 4.88. The van der Waals surface area contributed by atoms with E-state index in [1.54, 1.807) is 0 Å². The Morgan fingerprint density at radius 2 is 2.00 bits per heavy atom. The highest BCUT2D eigenvalue weighted by atomic mass is 35.5. The Labute approximate surface area is 173 Å². The van der Waals surface area contributed by atoms with Crippen LogP contribution in [0.5, 0.6) is 5.75 Å². The highest BCUT2D eigenvalue weighted by molar-refractivity contribution is 6.32. The maximum absolute atomic E-state index is 6.49. The summed E-state index contributed by atoms with van der Waals surface area (Å²) in [6, 6.07) is 5.99. The van der Waals surface area contributed by atoms with Crippen molar-refractivity contribution in [1.29, 1.82) is 0 Å². The third-order valence-corrected chi connectivity index (χ3v) is 6.14. The first-order valence-corrected chi connectivity index (χ1v) is 11.0. The molecule has 0 bridgehead atoms. The number of aryl methyl sites for hydroxylation is 2. The van der Waals surface area contributed by atoms with E-state index < -0.39 is 0 Å². The third-order valence-electron chi connectivity index (χ3n) is 5.85. The molecule has 1 N–H and O–H groups in total. The average Bonchev–Trinajstić information content (AvgIpc) is 3.03. The topological polar surface area (TPSA) is 44.4 Å². The van der Waals surface area contributed by atoms with Crippen LogP contribution in [0, 0.1) is 0 Å². The molecule has 4 rings (SSSR count). The van der Waals surface area contributed by atoms with Crippen LogP contribution in [0.15, 0.2) is 18.2 Å². The number of imidazole rings is 1. The smallest absolute Gasteiger partial charge is 0.137 e. The number of likely N-dealkylation sites (N-methyl/N-ethyl adjacent to an activating group) is 1. The molecule has 0 amide bonds. The van der Waals surface area contributed by atoms with Crippen LogP contribution >= 0.6 is 11.6 Å². The van der Waals surface area contributed by atoms with Crippen LogP contribution in [0.25, 0.3) is 11.4 Å². The van der Waals surface area contributed by atoms with Crippen LogP contribution in [0.3, 0.4) is 0 Å². The minimum atomic E-state index is 0.656. The fourth-order valence-corrected chi connectivity index (χ4v) is 4.38. The number of benzene rings is 1. The van der Waals surface area contributed by atoms with Crippen molar-refractivity contribution >= 4 is 11.6 Å². The summed E-state index contributed by atoms with van der Waals surface area (Å²) < 4.78 is 5.95. The number of halogens is 1. The van der Waals surface area contributed by atoms with Crippen molar-refractivity contribution in [3.63, 3.8) is 0 Å². The summed E-state index contributed by atoms with van der Waals surface area (Å²) in [5.41, 5.74) is 3.54. The number of aromatic amines is 1. The van der Waals surface area contributed by atoms with Gasteiger partial charge >= 0.3 is 0 Å². The Balaban J connectivity index is 1.29. The number of nitrogens with zero attached hydrogens (tertiary/aromatic N) is 3. The Morgan fingerprint density at radius 3 is 2.86 bits per heavy atom. The normalized spacial score (nSPS) is 18.6. The quantitative estimate of drug-likeness (QED) is 0.741. The fourth-order valence-electron chi connectivity index (χ4n) is 4.15. The molecule has 0 radical (unpaired) electrons. The Morgan fingerprint density at radius 1 is 1.11 bits per heavy atom. The molecule has 1 fully saturated rings. The van der Waals surface area contributed by atoms with Crippen LogP contribution in [0.2, 0.25) is 5.02 Å². The van der Waals surface area contributed by atoms with E-state index in [2.05, 4.69) is 27.9 Å². The zero-order valence-corrected chi connectivity index (χ0v) is 17.6. The van der Waals surface area contributed by atoms with Gasteiger partial charge in [0, 0.05) is 30.9 Å². The molecule has 28 heavy (non-hydrogen) atoms. The summed E-state index contributed by atoms with van der Waals surface area (Å²) in [5.74, 6) is 1.68. The van der Waals surface area contributed by atoms with Crippen molar-refractivity contribution in [2.75, 3.05) is 46.4 Å². The molecular weight excluding hydrogens is 372 g/mol. The molecule has 2 aromatic rings. The second-order valence-corrected chi connectivity index (χ2v) is 8.47. The van der Waals surface area contributed by atoms with Crippen molar-refractivity contribution in [3.8, 4) is 17.1 Å². The summed E-state index contributed by atoms with van der Waals surface area (Å²) in [5, 5.41) is 0.656. The van der Waals surface area contributed by atoms with Gasteiger partial charge in [-0.3, -0.25) is 0 Å². The van der Waals surface area contributed by atoms with Crippen molar-refractivity contribution in [1.82, 2.24) is 19.8 Å². The zero-order valence-electron chi connectivity index (χ0n) is 16.8. The number of H-pyrrole nitrogens is 1. The van der Waals surface area contributed by atoms with Gasteiger partial charge in [-0.15, -0.1) is 0 Å². The van der Waals surface area contributed by atoms with Gasteiger partial charge in [-0.1, -0.05) is 11.6 Å². The molecule has 6 heteroatoms. The van der Waals surface area contributed by atoms with Gasteiger partial charge in [-0.2, -0.15) is 0 Å². The van der Waals surface area contributed by atoms with Gasteiger partial charge in [-0.05, 0) is 76.9 Å². The van der Waals surface area contributed by atoms with Gasteiger partial charge < -0.3 is 19.5 Å². The second-order valence-electron chi connectivity index (χ2n) is 8.06. The monoisotopic (exact) mass is 402 g/mol. The van der Waals surface area contributed by atoms with Crippen molar-refractivity contribution in [2.24, 2.45) is 0 Å². The molecule has 1 aliphatic carbocycles. The standard InChI is InChI=1S/C22H31ClN4O/c1-26-10-4-11-27(14-13-26)12-5-15-28-21-9-8-17(16-18(21)23)22-24-19-6-2-3-7-20(19)25-22/h8-9,16H,2-7,10-15H2,1H3,(H,24,25). The van der Waals surface area contributed by atoms with Crippen LogP contribution in [-0.4, -0.2) is 66.1 Å². The number of nitrogens with one attached hydrogen (secondary N) is 1. The Kier molecular flexibility index (Phi) is 6.55. The van der Waals surface area contributed by atoms with Crippen LogP contribution in [-0.2, 0) is 12.8 Å². The van der Waals surface area contributed by atoms with E-state index in [9.17, 15) is 0 Å². The number of hydrogen-bond acceptors (Lipinski definition) is 4. The van der Waals surface area contributed by atoms with E-state index >= 15 is 0 Å². The summed E-state index contributed by atoms with van der Waals surface area (Å²) >= 11 is 6.49. The van der Waals surface area contributed by atoms with Gasteiger partial charge in [0.25, 0.3) is 0 Å². The molecule has 0 saturated carbocycles. The molecule has 0 unspecified atom stereocenters.